The Balaban J connectivity index is 1.74. The molecule has 0 aromatic heterocycles. The number of hydrogen-bond donors (Lipinski definition) is 1. The van der Waals surface area contributed by atoms with Crippen LogP contribution < -0.4 is 5.32 Å². The third-order valence-corrected chi connectivity index (χ3v) is 3.89. The van der Waals surface area contributed by atoms with Crippen LogP contribution in [-0.2, 0) is 12.7 Å². The molecule has 0 saturated carbocycles. The van der Waals surface area contributed by atoms with E-state index >= 15 is 0 Å². The van der Waals surface area contributed by atoms with Crippen molar-refractivity contribution in [3.05, 3.63) is 65.7 Å². The van der Waals surface area contributed by atoms with E-state index in [1.54, 1.807) is 17.8 Å². The van der Waals surface area contributed by atoms with Crippen LogP contribution in [0.15, 0.2) is 59.5 Å². The molecule has 112 valence electrons. The van der Waals surface area contributed by atoms with Crippen LogP contribution in [0.5, 0.6) is 0 Å². The summed E-state index contributed by atoms with van der Waals surface area (Å²) in [5, 5.41) is 3.16. The molecule has 0 aliphatic rings. The van der Waals surface area contributed by atoms with E-state index in [2.05, 4.69) is 5.32 Å². The van der Waals surface area contributed by atoms with E-state index in [1.165, 1.54) is 17.0 Å². The van der Waals surface area contributed by atoms with E-state index in [0.29, 0.717) is 12.1 Å². The van der Waals surface area contributed by atoms with Gasteiger partial charge in [0, 0.05) is 23.7 Å². The van der Waals surface area contributed by atoms with Crippen LogP contribution in [-0.4, -0.2) is 12.3 Å². The van der Waals surface area contributed by atoms with Crippen LogP contribution in [0.1, 0.15) is 11.1 Å². The van der Waals surface area contributed by atoms with Crippen molar-refractivity contribution in [2.24, 2.45) is 0 Å². The monoisotopic (exact) mass is 311 g/mol. The number of rotatable bonds is 6. The maximum Gasteiger partial charge on any atom is 0.416 e. The summed E-state index contributed by atoms with van der Waals surface area (Å²) in [6, 6.07) is 15.4. The predicted octanol–water partition coefficient (Wildman–Crippen LogP) is 4.59. The third-order valence-electron chi connectivity index (χ3n) is 2.87. The zero-order valence-corrected chi connectivity index (χ0v) is 12.2. The standard InChI is InChI=1S/C16H16F3NS/c17-16(18,19)14-6-4-5-13(11-14)12-20-9-10-21-15-7-2-1-3-8-15/h1-8,11,20H,9-10,12H2. The first kappa shape index (κ1) is 15.9. The minimum atomic E-state index is -4.28. The van der Waals surface area contributed by atoms with Crippen LogP contribution >= 0.6 is 11.8 Å². The Morgan fingerprint density at radius 3 is 2.43 bits per heavy atom. The van der Waals surface area contributed by atoms with Crippen LogP contribution in [0.25, 0.3) is 0 Å². The van der Waals surface area contributed by atoms with E-state index < -0.39 is 11.7 Å². The first-order valence-corrected chi connectivity index (χ1v) is 7.59. The molecule has 0 aliphatic heterocycles. The lowest BCUT2D eigenvalue weighted by atomic mass is 10.1. The fourth-order valence-electron chi connectivity index (χ4n) is 1.85. The molecule has 0 amide bonds. The summed E-state index contributed by atoms with van der Waals surface area (Å²) in [5.41, 5.74) is 0.0509. The zero-order chi connectivity index (χ0) is 15.1. The van der Waals surface area contributed by atoms with Crippen molar-refractivity contribution in [2.45, 2.75) is 17.6 Å². The molecule has 1 N–H and O–H groups in total. The van der Waals surface area contributed by atoms with Gasteiger partial charge in [0.25, 0.3) is 0 Å². The molecule has 2 aromatic carbocycles. The molecule has 0 spiro atoms. The normalized spacial score (nSPS) is 11.6. The Labute approximate surface area is 126 Å². The molecular weight excluding hydrogens is 295 g/mol. The smallest absolute Gasteiger partial charge is 0.312 e. The van der Waals surface area contributed by atoms with Crippen LogP contribution in [0.4, 0.5) is 13.2 Å². The van der Waals surface area contributed by atoms with Crippen molar-refractivity contribution in [2.75, 3.05) is 12.3 Å². The summed E-state index contributed by atoms with van der Waals surface area (Å²) in [5.74, 6) is 0.878. The van der Waals surface area contributed by atoms with Gasteiger partial charge in [-0.25, -0.2) is 0 Å². The van der Waals surface area contributed by atoms with E-state index in [9.17, 15) is 13.2 Å². The first-order chi connectivity index (χ1) is 10.1. The van der Waals surface area contributed by atoms with Crippen molar-refractivity contribution >= 4 is 11.8 Å². The molecule has 0 atom stereocenters. The van der Waals surface area contributed by atoms with Gasteiger partial charge in [-0.1, -0.05) is 36.4 Å². The molecule has 2 rings (SSSR count). The fourth-order valence-corrected chi connectivity index (χ4v) is 2.68. The zero-order valence-electron chi connectivity index (χ0n) is 11.4. The number of alkyl halides is 3. The van der Waals surface area contributed by atoms with Gasteiger partial charge in [-0.3, -0.25) is 0 Å². The Morgan fingerprint density at radius 2 is 1.71 bits per heavy atom. The highest BCUT2D eigenvalue weighted by molar-refractivity contribution is 7.99. The molecular formula is C16H16F3NS. The fraction of sp³-hybridized carbons (Fsp3) is 0.250. The minimum Gasteiger partial charge on any atom is -0.312 e. The number of thioether (sulfide) groups is 1. The number of halogens is 3. The van der Waals surface area contributed by atoms with Crippen LogP contribution in [0.2, 0.25) is 0 Å². The SMILES string of the molecule is FC(F)(F)c1cccc(CNCCSc2ccccc2)c1. The van der Waals surface area contributed by atoms with Crippen molar-refractivity contribution in [3.8, 4) is 0 Å². The molecule has 0 heterocycles. The minimum absolute atomic E-state index is 0.444. The predicted molar refractivity (Wildman–Crippen MR) is 80.3 cm³/mol. The first-order valence-electron chi connectivity index (χ1n) is 6.60. The lowest BCUT2D eigenvalue weighted by Gasteiger charge is -2.09. The molecule has 0 unspecified atom stereocenters. The van der Waals surface area contributed by atoms with Crippen LogP contribution in [0, 0.1) is 0 Å². The second-order valence-electron chi connectivity index (χ2n) is 4.54. The van der Waals surface area contributed by atoms with Gasteiger partial charge in [-0.15, -0.1) is 11.8 Å². The third kappa shape index (κ3) is 5.44. The molecule has 0 fully saturated rings. The number of hydrogen-bond acceptors (Lipinski definition) is 2. The van der Waals surface area contributed by atoms with E-state index in [0.717, 1.165) is 18.4 Å². The van der Waals surface area contributed by atoms with Gasteiger partial charge in [0.2, 0.25) is 0 Å². The Bertz CT molecular complexity index is 555. The van der Waals surface area contributed by atoms with Gasteiger partial charge in [-0.05, 0) is 23.8 Å². The van der Waals surface area contributed by atoms with Crippen molar-refractivity contribution in [1.82, 2.24) is 5.32 Å². The van der Waals surface area contributed by atoms with E-state index in [-0.39, 0.29) is 0 Å². The average molecular weight is 311 g/mol. The van der Waals surface area contributed by atoms with Crippen molar-refractivity contribution in [1.29, 1.82) is 0 Å². The second-order valence-corrected chi connectivity index (χ2v) is 5.70. The van der Waals surface area contributed by atoms with E-state index in [1.807, 2.05) is 30.3 Å². The molecule has 1 nitrogen and oxygen atoms in total. The average Bonchev–Trinajstić information content (AvgIpc) is 2.47. The molecule has 0 radical (unpaired) electrons. The van der Waals surface area contributed by atoms with Gasteiger partial charge in [0.05, 0.1) is 5.56 Å². The molecule has 0 aliphatic carbocycles. The quantitative estimate of drug-likeness (QED) is 0.619. The van der Waals surface area contributed by atoms with E-state index in [4.69, 9.17) is 0 Å². The van der Waals surface area contributed by atoms with Crippen LogP contribution in [0.3, 0.4) is 0 Å². The summed E-state index contributed by atoms with van der Waals surface area (Å²) in [6.07, 6.45) is -4.28. The highest BCUT2D eigenvalue weighted by atomic mass is 32.2. The number of benzene rings is 2. The van der Waals surface area contributed by atoms with Gasteiger partial charge in [0.15, 0.2) is 0 Å². The molecule has 0 saturated heterocycles. The Morgan fingerprint density at radius 1 is 0.952 bits per heavy atom. The van der Waals surface area contributed by atoms with Gasteiger partial charge in [0.1, 0.15) is 0 Å². The molecule has 21 heavy (non-hydrogen) atoms. The lowest BCUT2D eigenvalue weighted by molar-refractivity contribution is -0.137. The summed E-state index contributed by atoms with van der Waals surface area (Å²) >= 11 is 1.72. The largest absolute Gasteiger partial charge is 0.416 e. The number of nitrogens with one attached hydrogen (secondary N) is 1. The molecule has 5 heteroatoms. The summed E-state index contributed by atoms with van der Waals surface area (Å²) in [4.78, 5) is 1.19. The Kier molecular flexibility index (Phi) is 5.70. The Hall–Kier alpha value is -1.46. The highest BCUT2D eigenvalue weighted by Crippen LogP contribution is 2.29. The lowest BCUT2D eigenvalue weighted by Crippen LogP contribution is -2.17. The molecule has 2 aromatic rings. The highest BCUT2D eigenvalue weighted by Gasteiger charge is 2.30. The van der Waals surface area contributed by atoms with Gasteiger partial charge >= 0.3 is 6.18 Å². The van der Waals surface area contributed by atoms with Gasteiger partial charge in [-0.2, -0.15) is 13.2 Å². The van der Waals surface area contributed by atoms with Gasteiger partial charge < -0.3 is 5.32 Å². The molecule has 0 bridgehead atoms. The maximum absolute atomic E-state index is 12.6. The van der Waals surface area contributed by atoms with Crippen molar-refractivity contribution in [3.63, 3.8) is 0 Å². The maximum atomic E-state index is 12.6. The summed E-state index contributed by atoms with van der Waals surface area (Å²) in [6.45, 7) is 1.19. The van der Waals surface area contributed by atoms with Crippen molar-refractivity contribution < 1.29 is 13.2 Å². The topological polar surface area (TPSA) is 12.0 Å². The summed E-state index contributed by atoms with van der Waals surface area (Å²) in [7, 11) is 0. The second kappa shape index (κ2) is 7.52. The summed E-state index contributed by atoms with van der Waals surface area (Å²) < 4.78 is 37.7.